The quantitative estimate of drug-likeness (QED) is 0.336. The summed E-state index contributed by atoms with van der Waals surface area (Å²) >= 11 is 0. The van der Waals surface area contributed by atoms with Crippen molar-refractivity contribution in [3.8, 4) is 0 Å². The summed E-state index contributed by atoms with van der Waals surface area (Å²) in [5.74, 6) is -0.986. The molecule has 0 spiro atoms. The zero-order valence-corrected chi connectivity index (χ0v) is 18.9. The zero-order chi connectivity index (χ0) is 24.6. The molecule has 176 valence electrons. The van der Waals surface area contributed by atoms with E-state index in [2.05, 4.69) is 10.6 Å². The monoisotopic (exact) mass is 470 g/mol. The van der Waals surface area contributed by atoms with Crippen LogP contribution in [0.1, 0.15) is 22.3 Å². The lowest BCUT2D eigenvalue weighted by atomic mass is 10.0. The topological polar surface area (TPSA) is 58.2 Å². The molecule has 0 aliphatic heterocycles. The van der Waals surface area contributed by atoms with Crippen molar-refractivity contribution in [1.29, 1.82) is 0 Å². The Morgan fingerprint density at radius 3 is 1.14 bits per heavy atom. The molecule has 0 fully saturated rings. The van der Waals surface area contributed by atoms with E-state index < -0.39 is 0 Å². The van der Waals surface area contributed by atoms with E-state index in [4.69, 9.17) is 0 Å². The smallest absolute Gasteiger partial charge is 0.228 e. The molecule has 6 heteroatoms. The second-order valence-electron chi connectivity index (χ2n) is 8.27. The first-order valence-corrected chi connectivity index (χ1v) is 11.2. The largest absolute Gasteiger partial charge is 0.326 e. The van der Waals surface area contributed by atoms with Crippen LogP contribution in [0.25, 0.3) is 0 Å². The van der Waals surface area contributed by atoms with Gasteiger partial charge in [-0.3, -0.25) is 9.59 Å². The van der Waals surface area contributed by atoms with Crippen molar-refractivity contribution >= 4 is 23.2 Å². The maximum absolute atomic E-state index is 13.0. The van der Waals surface area contributed by atoms with Gasteiger partial charge in [0.25, 0.3) is 0 Å². The summed E-state index contributed by atoms with van der Waals surface area (Å²) in [6, 6.07) is 26.9. The van der Waals surface area contributed by atoms with Gasteiger partial charge in [0, 0.05) is 11.4 Å². The number of hydrogen-bond donors (Lipinski definition) is 2. The Kier molecular flexibility index (Phi) is 7.63. The number of carbonyl (C=O) groups excluding carboxylic acids is 2. The first kappa shape index (κ1) is 23.8. The molecule has 0 aromatic heterocycles. The minimum absolute atomic E-state index is 0.165. The highest BCUT2D eigenvalue weighted by atomic mass is 19.1. The molecule has 0 unspecified atom stereocenters. The van der Waals surface area contributed by atoms with Gasteiger partial charge >= 0.3 is 0 Å². The van der Waals surface area contributed by atoms with Gasteiger partial charge in [0.15, 0.2) is 0 Å². The van der Waals surface area contributed by atoms with Crippen molar-refractivity contribution in [2.75, 3.05) is 10.6 Å². The van der Waals surface area contributed by atoms with Crippen LogP contribution in [0, 0.1) is 11.6 Å². The van der Waals surface area contributed by atoms with Crippen molar-refractivity contribution in [2.45, 2.75) is 19.3 Å². The average Bonchev–Trinajstić information content (AvgIpc) is 2.84. The van der Waals surface area contributed by atoms with Crippen LogP contribution in [0.4, 0.5) is 20.2 Å². The van der Waals surface area contributed by atoms with Gasteiger partial charge < -0.3 is 10.6 Å². The molecule has 0 heterocycles. The Labute approximate surface area is 202 Å². The van der Waals surface area contributed by atoms with Gasteiger partial charge in [-0.05, 0) is 77.2 Å². The Hall–Kier alpha value is -4.32. The van der Waals surface area contributed by atoms with Crippen LogP contribution in [-0.4, -0.2) is 11.8 Å². The minimum Gasteiger partial charge on any atom is -0.326 e. The molecule has 0 saturated heterocycles. The maximum atomic E-state index is 13.0. The third-order valence-corrected chi connectivity index (χ3v) is 5.44. The Bertz CT molecular complexity index is 1180. The number of carbonyl (C=O) groups is 2. The van der Waals surface area contributed by atoms with E-state index in [9.17, 15) is 18.4 Å². The van der Waals surface area contributed by atoms with E-state index in [1.165, 1.54) is 24.3 Å². The summed E-state index contributed by atoms with van der Waals surface area (Å²) in [7, 11) is 0. The first-order chi connectivity index (χ1) is 16.9. The van der Waals surface area contributed by atoms with Crippen LogP contribution >= 0.6 is 0 Å². The maximum Gasteiger partial charge on any atom is 0.228 e. The Morgan fingerprint density at radius 1 is 0.486 bits per heavy atom. The van der Waals surface area contributed by atoms with Crippen molar-refractivity contribution in [2.24, 2.45) is 0 Å². The number of anilines is 2. The summed E-state index contributed by atoms with van der Waals surface area (Å²) < 4.78 is 26.0. The summed E-state index contributed by atoms with van der Waals surface area (Å²) in [6.45, 7) is 0. The van der Waals surface area contributed by atoms with Gasteiger partial charge in [0.05, 0.1) is 12.8 Å². The number of benzene rings is 4. The summed E-state index contributed by atoms with van der Waals surface area (Å²) in [5.41, 5.74) is 5.04. The normalized spacial score (nSPS) is 10.6. The molecule has 2 N–H and O–H groups in total. The number of amides is 2. The molecule has 0 aliphatic rings. The second-order valence-corrected chi connectivity index (χ2v) is 8.27. The molecular formula is C29H24F2N2O2. The van der Waals surface area contributed by atoms with Gasteiger partial charge in [-0.1, -0.05) is 48.5 Å². The summed E-state index contributed by atoms with van der Waals surface area (Å²) in [6.07, 6.45) is 1.05. The van der Waals surface area contributed by atoms with E-state index >= 15 is 0 Å². The first-order valence-electron chi connectivity index (χ1n) is 11.2. The zero-order valence-electron chi connectivity index (χ0n) is 18.9. The third kappa shape index (κ3) is 7.33. The van der Waals surface area contributed by atoms with E-state index in [0.29, 0.717) is 17.8 Å². The highest BCUT2D eigenvalue weighted by Crippen LogP contribution is 2.17. The second kappa shape index (κ2) is 11.2. The Balaban J connectivity index is 1.26. The minimum atomic E-state index is -0.328. The molecule has 0 atom stereocenters. The van der Waals surface area contributed by atoms with Crippen LogP contribution in [0.2, 0.25) is 0 Å². The van der Waals surface area contributed by atoms with Crippen molar-refractivity contribution in [1.82, 2.24) is 0 Å². The highest BCUT2D eigenvalue weighted by molar-refractivity contribution is 5.92. The fraction of sp³-hybridized carbons (Fsp3) is 0.103. The van der Waals surface area contributed by atoms with E-state index in [1.54, 1.807) is 24.3 Å². The van der Waals surface area contributed by atoms with Crippen molar-refractivity contribution < 1.29 is 18.4 Å². The van der Waals surface area contributed by atoms with Gasteiger partial charge in [0.1, 0.15) is 11.6 Å². The molecule has 35 heavy (non-hydrogen) atoms. The fourth-order valence-corrected chi connectivity index (χ4v) is 3.63. The van der Waals surface area contributed by atoms with Crippen LogP contribution in [0.3, 0.4) is 0 Å². The average molecular weight is 471 g/mol. The fourth-order valence-electron chi connectivity index (χ4n) is 3.63. The predicted octanol–water partition coefficient (Wildman–Crippen LogP) is 5.92. The molecule has 0 bridgehead atoms. The number of hydrogen-bond acceptors (Lipinski definition) is 2. The van der Waals surface area contributed by atoms with Crippen molar-refractivity contribution in [3.63, 3.8) is 0 Å². The lowest BCUT2D eigenvalue weighted by Gasteiger charge is -2.09. The Morgan fingerprint density at radius 2 is 0.800 bits per heavy atom. The lowest BCUT2D eigenvalue weighted by Crippen LogP contribution is -2.14. The van der Waals surface area contributed by atoms with Crippen LogP contribution in [0.15, 0.2) is 97.1 Å². The predicted molar refractivity (Wildman–Crippen MR) is 133 cm³/mol. The number of nitrogens with one attached hydrogen (secondary N) is 2. The molecule has 4 nitrogen and oxygen atoms in total. The van der Waals surface area contributed by atoms with Crippen LogP contribution < -0.4 is 10.6 Å². The van der Waals surface area contributed by atoms with Crippen molar-refractivity contribution in [3.05, 3.63) is 131 Å². The number of halogens is 2. The molecule has 4 rings (SSSR count). The third-order valence-electron chi connectivity index (χ3n) is 5.44. The molecular weight excluding hydrogens is 446 g/mol. The molecule has 4 aromatic rings. The van der Waals surface area contributed by atoms with Gasteiger partial charge in [-0.25, -0.2) is 8.78 Å². The summed E-state index contributed by atoms with van der Waals surface area (Å²) in [4.78, 5) is 24.4. The van der Waals surface area contributed by atoms with Gasteiger partial charge in [-0.2, -0.15) is 0 Å². The molecule has 4 aromatic carbocycles. The van der Waals surface area contributed by atoms with E-state index in [-0.39, 0.29) is 36.3 Å². The molecule has 0 aliphatic carbocycles. The SMILES string of the molecule is O=C(Cc1ccc(F)cc1)Nc1ccc(Cc2ccc(NC(=O)Cc3ccc(F)cc3)cc2)cc1. The molecule has 0 saturated carbocycles. The van der Waals surface area contributed by atoms with Gasteiger partial charge in [0.2, 0.25) is 11.8 Å². The van der Waals surface area contributed by atoms with E-state index in [0.717, 1.165) is 22.3 Å². The van der Waals surface area contributed by atoms with Crippen LogP contribution in [0.5, 0.6) is 0 Å². The molecule has 0 radical (unpaired) electrons. The van der Waals surface area contributed by atoms with Gasteiger partial charge in [-0.15, -0.1) is 0 Å². The van der Waals surface area contributed by atoms with Crippen LogP contribution in [-0.2, 0) is 28.9 Å². The lowest BCUT2D eigenvalue weighted by molar-refractivity contribution is -0.116. The number of rotatable bonds is 8. The summed E-state index contributed by atoms with van der Waals surface area (Å²) in [5, 5.41) is 5.70. The highest BCUT2D eigenvalue weighted by Gasteiger charge is 2.07. The molecule has 2 amide bonds. The standard InChI is InChI=1S/C29H24F2N2O2/c30-24-9-1-22(2-10-24)18-28(34)32-26-13-5-20(6-14-26)17-21-7-15-27(16-8-21)33-29(35)19-23-3-11-25(31)12-4-23/h1-16H,17-19H2,(H,32,34)(H,33,35). The van der Waals surface area contributed by atoms with E-state index in [1.807, 2.05) is 48.5 Å².